The molecule has 0 fully saturated rings. The summed E-state index contributed by atoms with van der Waals surface area (Å²) in [6.07, 6.45) is 4.07. The minimum Gasteiger partial charge on any atom is -0.342 e. The van der Waals surface area contributed by atoms with Crippen molar-refractivity contribution in [1.82, 2.24) is 29.8 Å². The predicted octanol–water partition coefficient (Wildman–Crippen LogP) is 0.913. The zero-order valence-corrected chi connectivity index (χ0v) is 11.7. The Hall–Kier alpha value is -2.77. The number of aromatic nitrogens is 5. The van der Waals surface area contributed by atoms with Gasteiger partial charge in [-0.05, 0) is 13.0 Å². The standard InChI is InChI=1S/C13H14N6O2/c1-3-9-17-10(21-18-9)7-15-12(20)11-8(2)16-13-14-5-4-6-19(11)13/h4-6H,3,7H2,1-2H3,(H,15,20). The minimum atomic E-state index is -0.260. The molecule has 0 aliphatic heterocycles. The molecule has 8 nitrogen and oxygen atoms in total. The monoisotopic (exact) mass is 286 g/mol. The van der Waals surface area contributed by atoms with Crippen LogP contribution in [0.25, 0.3) is 5.78 Å². The van der Waals surface area contributed by atoms with E-state index in [2.05, 4.69) is 25.4 Å². The van der Waals surface area contributed by atoms with Crippen LogP contribution in [0.2, 0.25) is 0 Å². The zero-order chi connectivity index (χ0) is 14.8. The summed E-state index contributed by atoms with van der Waals surface area (Å²) in [5, 5.41) is 6.53. The molecule has 0 aromatic carbocycles. The highest BCUT2D eigenvalue weighted by molar-refractivity contribution is 5.94. The average Bonchev–Trinajstić information content (AvgIpc) is 3.07. The number of aryl methyl sites for hydroxylation is 2. The summed E-state index contributed by atoms with van der Waals surface area (Å²) in [4.78, 5) is 24.8. The molecule has 21 heavy (non-hydrogen) atoms. The first-order chi connectivity index (χ1) is 10.2. The molecule has 0 unspecified atom stereocenters. The molecule has 0 aliphatic rings. The van der Waals surface area contributed by atoms with Gasteiger partial charge in [-0.3, -0.25) is 9.20 Å². The van der Waals surface area contributed by atoms with Gasteiger partial charge in [0.1, 0.15) is 5.69 Å². The summed E-state index contributed by atoms with van der Waals surface area (Å²) in [6, 6.07) is 1.75. The first-order valence-corrected chi connectivity index (χ1v) is 6.58. The molecular formula is C13H14N6O2. The molecule has 1 N–H and O–H groups in total. The fourth-order valence-corrected chi connectivity index (χ4v) is 2.02. The second kappa shape index (κ2) is 5.31. The van der Waals surface area contributed by atoms with Crippen molar-refractivity contribution in [2.45, 2.75) is 26.8 Å². The number of nitrogens with zero attached hydrogens (tertiary/aromatic N) is 5. The number of amides is 1. The highest BCUT2D eigenvalue weighted by Crippen LogP contribution is 2.10. The van der Waals surface area contributed by atoms with Gasteiger partial charge in [-0.25, -0.2) is 9.97 Å². The quantitative estimate of drug-likeness (QED) is 0.765. The van der Waals surface area contributed by atoms with Gasteiger partial charge in [0.25, 0.3) is 5.91 Å². The van der Waals surface area contributed by atoms with Gasteiger partial charge >= 0.3 is 0 Å². The van der Waals surface area contributed by atoms with E-state index < -0.39 is 0 Å². The number of rotatable bonds is 4. The van der Waals surface area contributed by atoms with E-state index >= 15 is 0 Å². The van der Waals surface area contributed by atoms with E-state index in [-0.39, 0.29) is 12.5 Å². The first kappa shape index (κ1) is 13.2. The second-order valence-corrected chi connectivity index (χ2v) is 4.48. The molecule has 1 amide bonds. The maximum Gasteiger partial charge on any atom is 0.270 e. The average molecular weight is 286 g/mol. The number of nitrogens with one attached hydrogen (secondary N) is 1. The Morgan fingerprint density at radius 3 is 3.05 bits per heavy atom. The number of fused-ring (bicyclic) bond motifs is 1. The van der Waals surface area contributed by atoms with Gasteiger partial charge < -0.3 is 9.84 Å². The minimum absolute atomic E-state index is 0.179. The molecule has 3 aromatic heterocycles. The van der Waals surface area contributed by atoms with E-state index in [4.69, 9.17) is 4.52 Å². The van der Waals surface area contributed by atoms with Crippen LogP contribution in [-0.4, -0.2) is 30.4 Å². The molecule has 0 spiro atoms. The van der Waals surface area contributed by atoms with Crippen LogP contribution in [0.3, 0.4) is 0 Å². The predicted molar refractivity (Wildman–Crippen MR) is 72.6 cm³/mol. The van der Waals surface area contributed by atoms with Gasteiger partial charge in [0.05, 0.1) is 12.2 Å². The Labute approximate surface area is 120 Å². The molecule has 8 heteroatoms. The first-order valence-electron chi connectivity index (χ1n) is 6.58. The molecule has 3 rings (SSSR count). The Bertz CT molecular complexity index is 791. The van der Waals surface area contributed by atoms with Gasteiger partial charge in [-0.15, -0.1) is 0 Å². The van der Waals surface area contributed by atoms with Gasteiger partial charge in [-0.1, -0.05) is 12.1 Å². The van der Waals surface area contributed by atoms with Crippen LogP contribution in [0, 0.1) is 6.92 Å². The number of carbonyl (C=O) groups excluding carboxylic acids is 1. The smallest absolute Gasteiger partial charge is 0.270 e. The van der Waals surface area contributed by atoms with Crippen molar-refractivity contribution in [2.24, 2.45) is 0 Å². The van der Waals surface area contributed by atoms with E-state index in [1.54, 1.807) is 29.8 Å². The third-order valence-corrected chi connectivity index (χ3v) is 3.02. The van der Waals surface area contributed by atoms with Gasteiger partial charge in [0.15, 0.2) is 5.82 Å². The van der Waals surface area contributed by atoms with Crippen LogP contribution in [0.1, 0.15) is 34.8 Å². The van der Waals surface area contributed by atoms with Crippen LogP contribution in [0.4, 0.5) is 0 Å². The molecule has 108 valence electrons. The molecule has 3 heterocycles. The number of hydrogen-bond acceptors (Lipinski definition) is 6. The van der Waals surface area contributed by atoms with Crippen LogP contribution in [-0.2, 0) is 13.0 Å². The maximum absolute atomic E-state index is 12.3. The highest BCUT2D eigenvalue weighted by Gasteiger charge is 2.17. The number of imidazole rings is 1. The molecule has 0 bridgehead atoms. The Kier molecular flexibility index (Phi) is 3.35. The van der Waals surface area contributed by atoms with Crippen molar-refractivity contribution < 1.29 is 9.32 Å². The Morgan fingerprint density at radius 1 is 1.43 bits per heavy atom. The fourth-order valence-electron chi connectivity index (χ4n) is 2.02. The van der Waals surface area contributed by atoms with Crippen LogP contribution < -0.4 is 5.32 Å². The molecule has 0 saturated carbocycles. The molecule has 0 aliphatic carbocycles. The summed E-state index contributed by atoms with van der Waals surface area (Å²) >= 11 is 0. The van der Waals surface area contributed by atoms with E-state index in [0.29, 0.717) is 35.3 Å². The molecule has 0 atom stereocenters. The third-order valence-electron chi connectivity index (χ3n) is 3.02. The van der Waals surface area contributed by atoms with Crippen LogP contribution in [0.15, 0.2) is 23.0 Å². The van der Waals surface area contributed by atoms with E-state index in [1.165, 1.54) is 0 Å². The summed E-state index contributed by atoms with van der Waals surface area (Å²) < 4.78 is 6.68. The molecule has 0 radical (unpaired) electrons. The summed E-state index contributed by atoms with van der Waals surface area (Å²) in [7, 11) is 0. The third kappa shape index (κ3) is 2.47. The van der Waals surface area contributed by atoms with Crippen LogP contribution >= 0.6 is 0 Å². The van der Waals surface area contributed by atoms with Crippen molar-refractivity contribution in [3.05, 3.63) is 41.6 Å². The van der Waals surface area contributed by atoms with E-state index in [1.807, 2.05) is 6.92 Å². The van der Waals surface area contributed by atoms with Gasteiger partial charge in [0.2, 0.25) is 11.7 Å². The lowest BCUT2D eigenvalue weighted by Gasteiger charge is -2.03. The Balaban J connectivity index is 1.79. The topological polar surface area (TPSA) is 98.2 Å². The van der Waals surface area contributed by atoms with Crippen molar-refractivity contribution in [1.29, 1.82) is 0 Å². The van der Waals surface area contributed by atoms with Crippen molar-refractivity contribution in [3.8, 4) is 0 Å². The lowest BCUT2D eigenvalue weighted by molar-refractivity contribution is 0.0939. The maximum atomic E-state index is 12.3. The lowest BCUT2D eigenvalue weighted by atomic mass is 10.3. The molecule has 3 aromatic rings. The molecular weight excluding hydrogens is 272 g/mol. The fraction of sp³-hybridized carbons (Fsp3) is 0.308. The lowest BCUT2D eigenvalue weighted by Crippen LogP contribution is -2.25. The van der Waals surface area contributed by atoms with E-state index in [0.717, 1.165) is 0 Å². The number of hydrogen-bond donors (Lipinski definition) is 1. The van der Waals surface area contributed by atoms with Crippen molar-refractivity contribution in [2.75, 3.05) is 0 Å². The summed E-state index contributed by atoms with van der Waals surface area (Å²) in [5.41, 5.74) is 1.07. The largest absolute Gasteiger partial charge is 0.342 e. The summed E-state index contributed by atoms with van der Waals surface area (Å²) in [6.45, 7) is 3.88. The Morgan fingerprint density at radius 2 is 2.29 bits per heavy atom. The SMILES string of the molecule is CCc1noc(CNC(=O)c2c(C)nc3ncccn23)n1. The summed E-state index contributed by atoms with van der Waals surface area (Å²) in [5.74, 6) is 1.23. The van der Waals surface area contributed by atoms with Crippen molar-refractivity contribution in [3.63, 3.8) is 0 Å². The van der Waals surface area contributed by atoms with Crippen molar-refractivity contribution >= 4 is 11.7 Å². The van der Waals surface area contributed by atoms with Crippen LogP contribution in [0.5, 0.6) is 0 Å². The van der Waals surface area contributed by atoms with E-state index in [9.17, 15) is 4.79 Å². The molecule has 0 saturated heterocycles. The van der Waals surface area contributed by atoms with Gasteiger partial charge in [0, 0.05) is 18.8 Å². The van der Waals surface area contributed by atoms with Gasteiger partial charge in [-0.2, -0.15) is 4.98 Å². The second-order valence-electron chi connectivity index (χ2n) is 4.48. The highest BCUT2D eigenvalue weighted by atomic mass is 16.5. The normalized spacial score (nSPS) is 11.0. The zero-order valence-electron chi connectivity index (χ0n) is 11.7. The number of carbonyl (C=O) groups is 1.